The van der Waals surface area contributed by atoms with Gasteiger partial charge in [-0.2, -0.15) is 13.2 Å². The second-order valence-electron chi connectivity index (χ2n) is 1.24. The van der Waals surface area contributed by atoms with E-state index >= 15 is 0 Å². The molecule has 0 unspecified atom stereocenters. The summed E-state index contributed by atoms with van der Waals surface area (Å²) in [4.78, 5) is 0. The highest BCUT2D eigenvalue weighted by Crippen LogP contribution is 2.26. The van der Waals surface area contributed by atoms with Gasteiger partial charge in [-0.15, -0.1) is 22.6 Å². The van der Waals surface area contributed by atoms with Crippen LogP contribution in [-0.4, -0.2) is 10.2 Å². The molecule has 0 atom stereocenters. The van der Waals surface area contributed by atoms with E-state index in [0.29, 0.717) is 6.39 Å². The SMILES string of the molecule is Cl.FC(F)(F)c1nnco1. The van der Waals surface area contributed by atoms with Gasteiger partial charge in [0.1, 0.15) is 0 Å². The average molecular weight is 175 g/mol. The summed E-state index contributed by atoms with van der Waals surface area (Å²) in [6.07, 6.45) is -3.89. The molecule has 1 aromatic heterocycles. The first kappa shape index (κ1) is 9.22. The summed E-state index contributed by atoms with van der Waals surface area (Å²) in [6, 6.07) is 0. The fraction of sp³-hybridized carbons (Fsp3) is 0.333. The van der Waals surface area contributed by atoms with Crippen LogP contribution in [0.3, 0.4) is 0 Å². The Bertz CT molecular complexity index is 184. The molecule has 10 heavy (non-hydrogen) atoms. The van der Waals surface area contributed by atoms with E-state index in [2.05, 4.69) is 14.6 Å². The van der Waals surface area contributed by atoms with Crippen molar-refractivity contribution < 1.29 is 17.6 Å². The fourth-order valence-electron chi connectivity index (χ4n) is 0.297. The molecule has 0 spiro atoms. The van der Waals surface area contributed by atoms with E-state index in [1.165, 1.54) is 0 Å². The van der Waals surface area contributed by atoms with Crippen molar-refractivity contribution in [3.63, 3.8) is 0 Å². The molecule has 1 aromatic rings. The lowest BCUT2D eigenvalue weighted by Gasteiger charge is -1.95. The van der Waals surface area contributed by atoms with Crippen LogP contribution in [-0.2, 0) is 6.18 Å². The van der Waals surface area contributed by atoms with Gasteiger partial charge in [-0.3, -0.25) is 0 Å². The molecule has 0 aliphatic heterocycles. The minimum absolute atomic E-state index is 0. The molecule has 0 bridgehead atoms. The van der Waals surface area contributed by atoms with E-state index in [-0.39, 0.29) is 12.4 Å². The molecule has 0 amide bonds. The third kappa shape index (κ3) is 1.87. The van der Waals surface area contributed by atoms with E-state index in [1.807, 2.05) is 0 Å². The van der Waals surface area contributed by atoms with Crippen molar-refractivity contribution in [3.05, 3.63) is 12.3 Å². The summed E-state index contributed by atoms with van der Waals surface area (Å²) in [7, 11) is 0. The molecule has 0 aliphatic carbocycles. The van der Waals surface area contributed by atoms with Gasteiger partial charge in [-0.25, -0.2) is 0 Å². The van der Waals surface area contributed by atoms with Crippen LogP contribution in [0, 0.1) is 0 Å². The van der Waals surface area contributed by atoms with E-state index in [4.69, 9.17) is 0 Å². The molecule has 0 radical (unpaired) electrons. The van der Waals surface area contributed by atoms with E-state index < -0.39 is 12.1 Å². The van der Waals surface area contributed by atoms with E-state index in [1.54, 1.807) is 0 Å². The number of alkyl halides is 3. The molecular weight excluding hydrogens is 172 g/mol. The summed E-state index contributed by atoms with van der Waals surface area (Å²) in [5.41, 5.74) is 0. The van der Waals surface area contributed by atoms with Crippen LogP contribution in [0.1, 0.15) is 5.89 Å². The maximum atomic E-state index is 11.4. The van der Waals surface area contributed by atoms with Gasteiger partial charge in [0.05, 0.1) is 0 Å². The molecular formula is C3H2ClF3N2O. The largest absolute Gasteiger partial charge is 0.470 e. The van der Waals surface area contributed by atoms with Gasteiger partial charge >= 0.3 is 12.1 Å². The minimum atomic E-state index is -4.52. The van der Waals surface area contributed by atoms with Crippen LogP contribution >= 0.6 is 12.4 Å². The number of hydrogen-bond acceptors (Lipinski definition) is 3. The fourth-order valence-corrected chi connectivity index (χ4v) is 0.297. The van der Waals surface area contributed by atoms with Crippen LogP contribution in [0.15, 0.2) is 10.8 Å². The molecule has 0 N–H and O–H groups in total. The predicted molar refractivity (Wildman–Crippen MR) is 26.5 cm³/mol. The van der Waals surface area contributed by atoms with Crippen molar-refractivity contribution in [1.29, 1.82) is 0 Å². The van der Waals surface area contributed by atoms with Gasteiger partial charge in [-0.05, 0) is 0 Å². The van der Waals surface area contributed by atoms with Gasteiger partial charge in [0.2, 0.25) is 6.39 Å². The first-order chi connectivity index (χ1) is 4.11. The smallest absolute Gasteiger partial charge is 0.420 e. The molecule has 1 heterocycles. The van der Waals surface area contributed by atoms with Gasteiger partial charge in [0.15, 0.2) is 0 Å². The molecule has 58 valence electrons. The predicted octanol–water partition coefficient (Wildman–Crippen LogP) is 1.51. The number of nitrogens with zero attached hydrogens (tertiary/aromatic N) is 2. The Labute approximate surface area is 59.6 Å². The second-order valence-corrected chi connectivity index (χ2v) is 1.24. The zero-order chi connectivity index (χ0) is 6.91. The van der Waals surface area contributed by atoms with Crippen molar-refractivity contribution in [1.82, 2.24) is 10.2 Å². The van der Waals surface area contributed by atoms with Gasteiger partial charge < -0.3 is 4.42 Å². The summed E-state index contributed by atoms with van der Waals surface area (Å²) in [5.74, 6) is -1.32. The standard InChI is InChI=1S/C3HF3N2O.ClH/c4-3(5,6)2-8-7-1-9-2;/h1H;1H. The maximum Gasteiger partial charge on any atom is 0.470 e. The zero-order valence-corrected chi connectivity index (χ0v) is 5.24. The van der Waals surface area contributed by atoms with Crippen LogP contribution in [0.25, 0.3) is 0 Å². The molecule has 0 aliphatic rings. The summed E-state index contributed by atoms with van der Waals surface area (Å²) < 4.78 is 38.1. The number of halogens is 4. The Morgan fingerprint density at radius 3 is 2.20 bits per heavy atom. The average Bonchev–Trinajstić information content (AvgIpc) is 2.08. The molecule has 0 saturated heterocycles. The Morgan fingerprint density at radius 1 is 1.40 bits per heavy atom. The molecule has 0 aromatic carbocycles. The van der Waals surface area contributed by atoms with E-state index in [0.717, 1.165) is 0 Å². The lowest BCUT2D eigenvalue weighted by molar-refractivity contribution is -0.157. The van der Waals surface area contributed by atoms with Crippen molar-refractivity contribution in [3.8, 4) is 0 Å². The summed E-state index contributed by atoms with van der Waals surface area (Å²) in [5, 5.41) is 5.50. The quantitative estimate of drug-likeness (QED) is 0.599. The topological polar surface area (TPSA) is 38.9 Å². The molecule has 0 saturated carbocycles. The number of aromatic nitrogens is 2. The molecule has 1 rings (SSSR count). The van der Waals surface area contributed by atoms with Crippen molar-refractivity contribution in [2.24, 2.45) is 0 Å². The van der Waals surface area contributed by atoms with Crippen LogP contribution < -0.4 is 0 Å². The lowest BCUT2D eigenvalue weighted by Crippen LogP contribution is -2.04. The third-order valence-electron chi connectivity index (χ3n) is 0.603. The lowest BCUT2D eigenvalue weighted by atomic mass is 10.7. The van der Waals surface area contributed by atoms with Crippen LogP contribution in [0.5, 0.6) is 0 Å². The number of rotatable bonds is 0. The number of hydrogen-bond donors (Lipinski definition) is 0. The van der Waals surface area contributed by atoms with Crippen LogP contribution in [0.4, 0.5) is 13.2 Å². The normalized spacial score (nSPS) is 10.7. The Balaban J connectivity index is 0.000000810. The van der Waals surface area contributed by atoms with Crippen LogP contribution in [0.2, 0.25) is 0 Å². The maximum absolute atomic E-state index is 11.4. The highest BCUT2D eigenvalue weighted by Gasteiger charge is 2.36. The van der Waals surface area contributed by atoms with Crippen molar-refractivity contribution in [2.75, 3.05) is 0 Å². The highest BCUT2D eigenvalue weighted by molar-refractivity contribution is 5.85. The van der Waals surface area contributed by atoms with Gasteiger partial charge in [0.25, 0.3) is 0 Å². The molecule has 7 heteroatoms. The molecule has 0 fully saturated rings. The second kappa shape index (κ2) is 2.87. The summed E-state index contributed by atoms with van der Waals surface area (Å²) >= 11 is 0. The van der Waals surface area contributed by atoms with E-state index in [9.17, 15) is 13.2 Å². The first-order valence-electron chi connectivity index (χ1n) is 1.94. The van der Waals surface area contributed by atoms with Crippen molar-refractivity contribution >= 4 is 12.4 Å². The van der Waals surface area contributed by atoms with Gasteiger partial charge in [-0.1, -0.05) is 0 Å². The zero-order valence-electron chi connectivity index (χ0n) is 4.42. The Kier molecular flexibility index (Phi) is 2.65. The molecule has 3 nitrogen and oxygen atoms in total. The van der Waals surface area contributed by atoms with Gasteiger partial charge in [0, 0.05) is 0 Å². The van der Waals surface area contributed by atoms with Crippen molar-refractivity contribution in [2.45, 2.75) is 6.18 Å². The first-order valence-corrected chi connectivity index (χ1v) is 1.94. The monoisotopic (exact) mass is 174 g/mol. The Morgan fingerprint density at radius 2 is 2.00 bits per heavy atom. The Hall–Kier alpha value is -0.780. The minimum Gasteiger partial charge on any atom is -0.420 e. The highest BCUT2D eigenvalue weighted by atomic mass is 35.5. The third-order valence-corrected chi connectivity index (χ3v) is 0.603. The summed E-state index contributed by atoms with van der Waals surface area (Å²) in [6.45, 7) is 0.